The zero-order chi connectivity index (χ0) is 19.3. The molecule has 2 aromatic rings. The molecule has 27 heavy (non-hydrogen) atoms. The predicted octanol–water partition coefficient (Wildman–Crippen LogP) is 3.12. The maximum atomic E-state index is 12.5. The van der Waals surface area contributed by atoms with Crippen LogP contribution in [0.25, 0.3) is 0 Å². The van der Waals surface area contributed by atoms with E-state index >= 15 is 0 Å². The minimum Gasteiger partial charge on any atom is -0.376 e. The fourth-order valence-corrected chi connectivity index (χ4v) is 4.24. The van der Waals surface area contributed by atoms with E-state index < -0.39 is 10.0 Å². The van der Waals surface area contributed by atoms with Crippen molar-refractivity contribution in [3.63, 3.8) is 0 Å². The molecule has 2 N–H and O–H groups in total. The second-order valence-corrected chi connectivity index (χ2v) is 8.77. The lowest BCUT2D eigenvalue weighted by Crippen LogP contribution is -2.31. The van der Waals surface area contributed by atoms with Gasteiger partial charge in [0.1, 0.15) is 0 Å². The number of carbonyl (C=O) groups is 1. The summed E-state index contributed by atoms with van der Waals surface area (Å²) in [5, 5.41) is 2.84. The lowest BCUT2D eigenvalue weighted by Gasteiger charge is -2.12. The summed E-state index contributed by atoms with van der Waals surface area (Å²) in [4.78, 5) is 13.4. The first-order valence-electron chi connectivity index (χ1n) is 8.65. The highest BCUT2D eigenvalue weighted by atomic mass is 32.2. The summed E-state index contributed by atoms with van der Waals surface area (Å²) in [5.41, 5.74) is 0.875. The van der Waals surface area contributed by atoms with Gasteiger partial charge < -0.3 is 10.1 Å². The quantitative estimate of drug-likeness (QED) is 0.690. The Bertz CT molecular complexity index is 875. The Morgan fingerprint density at radius 2 is 1.85 bits per heavy atom. The van der Waals surface area contributed by atoms with Gasteiger partial charge in [-0.3, -0.25) is 9.52 Å². The van der Waals surface area contributed by atoms with E-state index in [4.69, 9.17) is 4.74 Å². The number of hydrogen-bond acceptors (Lipinski definition) is 5. The van der Waals surface area contributed by atoms with Crippen LogP contribution >= 0.6 is 11.8 Å². The number of amides is 1. The van der Waals surface area contributed by atoms with Gasteiger partial charge in [0.25, 0.3) is 15.9 Å². The molecule has 0 aromatic heterocycles. The Labute approximate surface area is 163 Å². The largest absolute Gasteiger partial charge is 0.376 e. The second-order valence-electron chi connectivity index (χ2n) is 6.20. The molecule has 1 amide bonds. The summed E-state index contributed by atoms with van der Waals surface area (Å²) >= 11 is 1.55. The van der Waals surface area contributed by atoms with Gasteiger partial charge >= 0.3 is 0 Å². The Morgan fingerprint density at radius 1 is 1.15 bits per heavy atom. The van der Waals surface area contributed by atoms with Crippen molar-refractivity contribution >= 4 is 33.4 Å². The smallest absolute Gasteiger partial charge is 0.261 e. The SMILES string of the molecule is CSc1ccc(S(=O)(=O)Nc2ccc(C(=O)NC[C@H]3CCCO3)cc2)cc1. The normalized spacial score (nSPS) is 16.9. The van der Waals surface area contributed by atoms with Crippen LogP contribution in [0, 0.1) is 0 Å². The van der Waals surface area contributed by atoms with Crippen LogP contribution in [-0.4, -0.2) is 39.8 Å². The number of benzene rings is 2. The summed E-state index contributed by atoms with van der Waals surface area (Å²) < 4.78 is 32.9. The maximum absolute atomic E-state index is 12.5. The number of carbonyl (C=O) groups excluding carboxylic acids is 1. The van der Waals surface area contributed by atoms with Crippen molar-refractivity contribution in [2.45, 2.75) is 28.7 Å². The average Bonchev–Trinajstić information content (AvgIpc) is 3.20. The maximum Gasteiger partial charge on any atom is 0.261 e. The van der Waals surface area contributed by atoms with Gasteiger partial charge in [-0.2, -0.15) is 0 Å². The molecule has 1 aliphatic rings. The number of sulfonamides is 1. The molecule has 0 unspecified atom stereocenters. The highest BCUT2D eigenvalue weighted by Crippen LogP contribution is 2.20. The van der Waals surface area contributed by atoms with Gasteiger partial charge in [0.2, 0.25) is 0 Å². The van der Waals surface area contributed by atoms with E-state index in [0.717, 1.165) is 24.3 Å². The van der Waals surface area contributed by atoms with Gasteiger partial charge in [-0.1, -0.05) is 0 Å². The summed E-state index contributed by atoms with van der Waals surface area (Å²) in [7, 11) is -3.67. The third kappa shape index (κ3) is 5.24. The highest BCUT2D eigenvalue weighted by molar-refractivity contribution is 7.98. The van der Waals surface area contributed by atoms with Crippen LogP contribution in [0.2, 0.25) is 0 Å². The second kappa shape index (κ2) is 8.77. The van der Waals surface area contributed by atoms with Gasteiger partial charge in [-0.05, 0) is 67.6 Å². The summed E-state index contributed by atoms with van der Waals surface area (Å²) in [6, 6.07) is 13.0. The molecule has 0 spiro atoms. The molecule has 1 fully saturated rings. The minimum absolute atomic E-state index is 0.0810. The van der Waals surface area contributed by atoms with Crippen molar-refractivity contribution in [1.29, 1.82) is 0 Å². The van der Waals surface area contributed by atoms with Crippen LogP contribution in [0.3, 0.4) is 0 Å². The third-order valence-electron chi connectivity index (χ3n) is 4.28. The first kappa shape index (κ1) is 19.7. The van der Waals surface area contributed by atoms with Crippen LogP contribution in [0.15, 0.2) is 58.3 Å². The van der Waals surface area contributed by atoms with Gasteiger partial charge in [0.05, 0.1) is 11.0 Å². The molecule has 0 saturated carbocycles. The fraction of sp³-hybridized carbons (Fsp3) is 0.316. The molecule has 1 atom stereocenters. The van der Waals surface area contributed by atoms with Crippen LogP contribution in [0.4, 0.5) is 5.69 Å². The summed E-state index contributed by atoms with van der Waals surface area (Å²) in [5.74, 6) is -0.201. The van der Waals surface area contributed by atoms with Crippen molar-refractivity contribution in [3.8, 4) is 0 Å². The highest BCUT2D eigenvalue weighted by Gasteiger charge is 2.17. The topological polar surface area (TPSA) is 84.5 Å². The monoisotopic (exact) mass is 406 g/mol. The minimum atomic E-state index is -3.67. The van der Waals surface area contributed by atoms with Crippen LogP contribution in [0.5, 0.6) is 0 Å². The molecule has 0 radical (unpaired) electrons. The standard InChI is InChI=1S/C19H22N2O4S2/c1-26-17-8-10-18(11-9-17)27(23,24)21-15-6-4-14(5-7-15)19(22)20-13-16-3-2-12-25-16/h4-11,16,21H,2-3,12-13H2,1H3,(H,20,22)/t16-/m1/s1. The lowest BCUT2D eigenvalue weighted by molar-refractivity contribution is 0.0858. The molecular weight excluding hydrogens is 384 g/mol. The number of thioether (sulfide) groups is 1. The zero-order valence-corrected chi connectivity index (χ0v) is 16.6. The first-order chi connectivity index (χ1) is 13.0. The van der Waals surface area contributed by atoms with E-state index in [1.54, 1.807) is 60.3 Å². The van der Waals surface area contributed by atoms with Gasteiger partial charge in [0.15, 0.2) is 0 Å². The molecule has 3 rings (SSSR count). The number of hydrogen-bond donors (Lipinski definition) is 2. The summed E-state index contributed by atoms with van der Waals surface area (Å²) in [6.45, 7) is 1.23. The van der Waals surface area contributed by atoms with Gasteiger partial charge in [0, 0.05) is 29.3 Å². The van der Waals surface area contributed by atoms with Crippen LogP contribution < -0.4 is 10.0 Å². The molecule has 2 aromatic carbocycles. The molecule has 144 valence electrons. The van der Waals surface area contributed by atoms with E-state index in [2.05, 4.69) is 10.0 Å². The van der Waals surface area contributed by atoms with E-state index in [1.807, 2.05) is 6.26 Å². The Balaban J connectivity index is 1.61. The third-order valence-corrected chi connectivity index (χ3v) is 6.42. The van der Waals surface area contributed by atoms with E-state index in [9.17, 15) is 13.2 Å². The van der Waals surface area contributed by atoms with Crippen molar-refractivity contribution in [2.75, 3.05) is 24.1 Å². The van der Waals surface area contributed by atoms with Crippen LogP contribution in [0.1, 0.15) is 23.2 Å². The molecule has 1 heterocycles. The Kier molecular flexibility index (Phi) is 6.41. The molecule has 1 saturated heterocycles. The molecule has 8 heteroatoms. The predicted molar refractivity (Wildman–Crippen MR) is 107 cm³/mol. The number of rotatable bonds is 7. The Morgan fingerprint density at radius 3 is 2.44 bits per heavy atom. The lowest BCUT2D eigenvalue weighted by atomic mass is 10.2. The average molecular weight is 407 g/mol. The Hall–Kier alpha value is -2.03. The van der Waals surface area contributed by atoms with Crippen molar-refractivity contribution in [3.05, 3.63) is 54.1 Å². The van der Waals surface area contributed by atoms with Crippen molar-refractivity contribution in [1.82, 2.24) is 5.32 Å². The van der Waals surface area contributed by atoms with E-state index in [-0.39, 0.29) is 16.9 Å². The van der Waals surface area contributed by atoms with Gasteiger partial charge in [-0.25, -0.2) is 8.42 Å². The van der Waals surface area contributed by atoms with E-state index in [1.165, 1.54) is 0 Å². The molecule has 1 aliphatic heterocycles. The zero-order valence-electron chi connectivity index (χ0n) is 15.0. The molecule has 0 bridgehead atoms. The molecule has 6 nitrogen and oxygen atoms in total. The van der Waals surface area contributed by atoms with Crippen molar-refractivity contribution in [2.24, 2.45) is 0 Å². The van der Waals surface area contributed by atoms with Gasteiger partial charge in [-0.15, -0.1) is 11.8 Å². The first-order valence-corrected chi connectivity index (χ1v) is 11.4. The summed E-state index contributed by atoms with van der Waals surface area (Å²) in [6.07, 6.45) is 3.99. The molecule has 0 aliphatic carbocycles. The van der Waals surface area contributed by atoms with Crippen LogP contribution in [-0.2, 0) is 14.8 Å². The fourth-order valence-electron chi connectivity index (χ4n) is 2.77. The number of nitrogens with one attached hydrogen (secondary N) is 2. The van der Waals surface area contributed by atoms with E-state index in [0.29, 0.717) is 17.8 Å². The van der Waals surface area contributed by atoms with Crippen molar-refractivity contribution < 1.29 is 17.9 Å². The number of anilines is 1. The molecular formula is C19H22N2O4S2. The number of ether oxygens (including phenoxy) is 1.